The van der Waals surface area contributed by atoms with Gasteiger partial charge in [0, 0.05) is 23.5 Å². The number of hydrogen-bond acceptors (Lipinski definition) is 4. The molecule has 0 atom stereocenters. The van der Waals surface area contributed by atoms with E-state index in [1.165, 1.54) is 11.3 Å². The first-order valence-corrected chi connectivity index (χ1v) is 6.22. The normalized spacial score (nSPS) is 10.2. The Morgan fingerprint density at radius 1 is 1.47 bits per heavy atom. The van der Waals surface area contributed by atoms with Gasteiger partial charge in [-0.05, 0) is 11.4 Å². The summed E-state index contributed by atoms with van der Waals surface area (Å²) in [4.78, 5) is 18.6. The summed E-state index contributed by atoms with van der Waals surface area (Å²) < 4.78 is 0. The average molecular weight is 238 g/mol. The first kappa shape index (κ1) is 10.3. The van der Waals surface area contributed by atoms with Gasteiger partial charge in [-0.2, -0.15) is 0 Å². The molecule has 0 saturated carbocycles. The van der Waals surface area contributed by atoms with E-state index in [1.807, 2.05) is 22.9 Å². The lowest BCUT2D eigenvalue weighted by Gasteiger charge is -2.12. The van der Waals surface area contributed by atoms with Gasteiger partial charge in [0.1, 0.15) is 0 Å². The van der Waals surface area contributed by atoms with Crippen LogP contribution in [0.1, 0.15) is 4.88 Å². The molecule has 0 aliphatic heterocycles. The molecule has 1 amide bonds. The smallest absolute Gasteiger partial charge is 0.233 e. The highest BCUT2D eigenvalue weighted by Gasteiger charge is 2.13. The molecule has 0 radical (unpaired) electrons. The lowest BCUT2D eigenvalue weighted by atomic mass is 10.3. The minimum Gasteiger partial charge on any atom is -0.291 e. The Morgan fingerprint density at radius 3 is 2.93 bits per heavy atom. The third kappa shape index (κ3) is 2.43. The molecule has 0 saturated heterocycles. The highest BCUT2D eigenvalue weighted by Crippen LogP contribution is 2.17. The monoisotopic (exact) mass is 238 g/mol. The average Bonchev–Trinajstić information content (AvgIpc) is 2.88. The van der Waals surface area contributed by atoms with Gasteiger partial charge in [-0.1, -0.05) is 6.07 Å². The molecule has 2 aromatic heterocycles. The van der Waals surface area contributed by atoms with Crippen molar-refractivity contribution in [2.75, 3.05) is 11.9 Å². The van der Waals surface area contributed by atoms with Gasteiger partial charge in [0.2, 0.25) is 5.91 Å². The van der Waals surface area contributed by atoms with Crippen LogP contribution in [-0.4, -0.2) is 17.9 Å². The van der Waals surface area contributed by atoms with Gasteiger partial charge in [-0.15, -0.1) is 22.7 Å². The molecule has 2 aromatic rings. The summed E-state index contributed by atoms with van der Waals surface area (Å²) in [5, 5.41) is 4.59. The molecule has 2 rings (SSSR count). The van der Waals surface area contributed by atoms with E-state index in [2.05, 4.69) is 4.98 Å². The summed E-state index contributed by atoms with van der Waals surface area (Å²) in [6.07, 6.45) is 2.16. The zero-order valence-electron chi connectivity index (χ0n) is 8.21. The standard InChI is InChI=1S/C10H10N2OS2/c1-12(10-11-4-6-15-10)9(13)7-8-3-2-5-14-8/h2-6H,7H2,1H3. The largest absolute Gasteiger partial charge is 0.291 e. The first-order chi connectivity index (χ1) is 7.27. The second kappa shape index (κ2) is 4.55. The van der Waals surface area contributed by atoms with Crippen LogP contribution < -0.4 is 4.90 Å². The van der Waals surface area contributed by atoms with Crippen LogP contribution in [0, 0.1) is 0 Å². The maximum Gasteiger partial charge on any atom is 0.233 e. The second-order valence-electron chi connectivity index (χ2n) is 3.02. The number of carbonyl (C=O) groups is 1. The van der Waals surface area contributed by atoms with Gasteiger partial charge in [0.15, 0.2) is 5.13 Å². The van der Waals surface area contributed by atoms with E-state index < -0.39 is 0 Å². The molecule has 5 heteroatoms. The molecule has 0 bridgehead atoms. The molecule has 2 heterocycles. The Labute approximate surface area is 96.0 Å². The predicted molar refractivity (Wildman–Crippen MR) is 63.5 cm³/mol. The molecule has 0 spiro atoms. The van der Waals surface area contributed by atoms with E-state index in [1.54, 1.807) is 29.5 Å². The van der Waals surface area contributed by atoms with Crippen molar-refractivity contribution in [3.05, 3.63) is 34.0 Å². The van der Waals surface area contributed by atoms with Gasteiger partial charge >= 0.3 is 0 Å². The van der Waals surface area contributed by atoms with Crippen LogP contribution in [-0.2, 0) is 11.2 Å². The Morgan fingerprint density at radius 2 is 2.33 bits per heavy atom. The van der Waals surface area contributed by atoms with E-state index in [4.69, 9.17) is 0 Å². The number of amides is 1. The SMILES string of the molecule is CN(C(=O)Cc1cccs1)c1nccs1. The lowest BCUT2D eigenvalue weighted by Crippen LogP contribution is -2.27. The molecule has 0 unspecified atom stereocenters. The quantitative estimate of drug-likeness (QED) is 0.822. The number of hydrogen-bond donors (Lipinski definition) is 0. The Hall–Kier alpha value is -1.20. The summed E-state index contributed by atoms with van der Waals surface area (Å²) in [6.45, 7) is 0. The lowest BCUT2D eigenvalue weighted by molar-refractivity contribution is -0.117. The number of nitrogens with zero attached hydrogens (tertiary/aromatic N) is 2. The van der Waals surface area contributed by atoms with Crippen molar-refractivity contribution in [1.82, 2.24) is 4.98 Å². The van der Waals surface area contributed by atoms with Crippen LogP contribution in [0.4, 0.5) is 5.13 Å². The Bertz CT molecular complexity index is 422. The Kier molecular flexibility index (Phi) is 3.13. The third-order valence-corrected chi connectivity index (χ3v) is 3.71. The molecular weight excluding hydrogens is 228 g/mol. The van der Waals surface area contributed by atoms with Crippen molar-refractivity contribution >= 4 is 33.7 Å². The number of thiazole rings is 1. The van der Waals surface area contributed by atoms with E-state index in [-0.39, 0.29) is 5.91 Å². The van der Waals surface area contributed by atoms with Crippen molar-refractivity contribution in [1.29, 1.82) is 0 Å². The minimum absolute atomic E-state index is 0.0763. The van der Waals surface area contributed by atoms with E-state index >= 15 is 0 Å². The minimum atomic E-state index is 0.0763. The maximum atomic E-state index is 11.8. The molecule has 0 aliphatic carbocycles. The van der Waals surface area contributed by atoms with Gasteiger partial charge < -0.3 is 0 Å². The number of anilines is 1. The molecule has 3 nitrogen and oxygen atoms in total. The summed E-state index contributed by atoms with van der Waals surface area (Å²) in [6, 6.07) is 3.93. The molecule has 0 aromatic carbocycles. The summed E-state index contributed by atoms with van der Waals surface area (Å²) in [7, 11) is 1.76. The van der Waals surface area contributed by atoms with E-state index in [0.29, 0.717) is 6.42 Å². The number of thiophene rings is 1. The van der Waals surface area contributed by atoms with Crippen LogP contribution in [0.2, 0.25) is 0 Å². The molecule has 0 aliphatic rings. The van der Waals surface area contributed by atoms with Crippen molar-refractivity contribution in [3.63, 3.8) is 0 Å². The number of rotatable bonds is 3. The van der Waals surface area contributed by atoms with Gasteiger partial charge in [-0.3, -0.25) is 9.69 Å². The molecule has 0 N–H and O–H groups in total. The maximum absolute atomic E-state index is 11.8. The topological polar surface area (TPSA) is 33.2 Å². The van der Waals surface area contributed by atoms with Gasteiger partial charge in [-0.25, -0.2) is 4.98 Å². The summed E-state index contributed by atoms with van der Waals surface area (Å²) in [5.41, 5.74) is 0. The van der Waals surface area contributed by atoms with Crippen LogP contribution in [0.15, 0.2) is 29.1 Å². The Balaban J connectivity index is 2.03. The zero-order valence-corrected chi connectivity index (χ0v) is 9.85. The molecular formula is C10H10N2OS2. The van der Waals surface area contributed by atoms with Gasteiger partial charge in [0.25, 0.3) is 0 Å². The molecule has 0 fully saturated rings. The summed E-state index contributed by atoms with van der Waals surface area (Å²) in [5.74, 6) is 0.0763. The number of likely N-dealkylation sites (N-methyl/N-ethyl adjacent to an activating group) is 1. The van der Waals surface area contributed by atoms with Crippen molar-refractivity contribution in [3.8, 4) is 0 Å². The van der Waals surface area contributed by atoms with Crippen molar-refractivity contribution < 1.29 is 4.79 Å². The van der Waals surface area contributed by atoms with Crippen molar-refractivity contribution in [2.24, 2.45) is 0 Å². The third-order valence-electron chi connectivity index (χ3n) is 1.99. The second-order valence-corrected chi connectivity index (χ2v) is 4.93. The fourth-order valence-electron chi connectivity index (χ4n) is 1.17. The van der Waals surface area contributed by atoms with E-state index in [9.17, 15) is 4.79 Å². The van der Waals surface area contributed by atoms with E-state index in [0.717, 1.165) is 10.0 Å². The fourth-order valence-corrected chi connectivity index (χ4v) is 2.49. The zero-order chi connectivity index (χ0) is 10.7. The summed E-state index contributed by atoms with van der Waals surface area (Å²) >= 11 is 3.07. The van der Waals surface area contributed by atoms with Crippen LogP contribution in [0.5, 0.6) is 0 Å². The first-order valence-electron chi connectivity index (χ1n) is 4.46. The molecule has 15 heavy (non-hydrogen) atoms. The van der Waals surface area contributed by atoms with Crippen molar-refractivity contribution in [2.45, 2.75) is 6.42 Å². The molecule has 78 valence electrons. The number of aromatic nitrogens is 1. The van der Waals surface area contributed by atoms with Crippen LogP contribution >= 0.6 is 22.7 Å². The predicted octanol–water partition coefficient (Wildman–Crippen LogP) is 2.41. The van der Waals surface area contributed by atoms with Crippen LogP contribution in [0.3, 0.4) is 0 Å². The van der Waals surface area contributed by atoms with Crippen LogP contribution in [0.25, 0.3) is 0 Å². The highest BCUT2D eigenvalue weighted by atomic mass is 32.1. The van der Waals surface area contributed by atoms with Gasteiger partial charge in [0.05, 0.1) is 6.42 Å². The number of carbonyl (C=O) groups excluding carboxylic acids is 1. The fraction of sp³-hybridized carbons (Fsp3) is 0.200. The highest BCUT2D eigenvalue weighted by molar-refractivity contribution is 7.13.